The molecule has 2 heteroatoms. The summed E-state index contributed by atoms with van der Waals surface area (Å²) in [6, 6.07) is 0. The average molecular weight is 196 g/mol. The molecule has 0 heterocycles. The zero-order chi connectivity index (χ0) is 10.8. The minimum absolute atomic E-state index is 0.590. The number of unbranched alkanes of at least 4 members (excludes halogenated alkanes) is 1. The van der Waals surface area contributed by atoms with E-state index in [0.29, 0.717) is 5.92 Å². The summed E-state index contributed by atoms with van der Waals surface area (Å²) in [6.07, 6.45) is 7.65. The second-order valence-electron chi connectivity index (χ2n) is 3.58. The average Bonchev–Trinajstić information content (AvgIpc) is 2.22. The van der Waals surface area contributed by atoms with Crippen molar-refractivity contribution in [2.24, 2.45) is 5.92 Å². The van der Waals surface area contributed by atoms with Gasteiger partial charge in [0.2, 0.25) is 0 Å². The molecule has 0 saturated heterocycles. The highest BCUT2D eigenvalue weighted by Gasteiger charge is 1.96. The van der Waals surface area contributed by atoms with Gasteiger partial charge in [-0.1, -0.05) is 26.3 Å². The predicted octanol–water partition coefficient (Wildman–Crippen LogP) is 2.65. The quantitative estimate of drug-likeness (QED) is 0.583. The molecule has 0 amide bonds. The first-order valence-corrected chi connectivity index (χ1v) is 5.48. The summed E-state index contributed by atoms with van der Waals surface area (Å²) in [5, 5.41) is 6.52. The zero-order valence-electron chi connectivity index (χ0n) is 9.77. The number of nitrogens with one attached hydrogen (secondary N) is 2. The van der Waals surface area contributed by atoms with E-state index in [1.807, 2.05) is 13.1 Å². The lowest BCUT2D eigenvalue weighted by Crippen LogP contribution is -2.25. The van der Waals surface area contributed by atoms with Crippen molar-refractivity contribution < 1.29 is 0 Å². The molecule has 2 N–H and O–H groups in total. The summed E-state index contributed by atoms with van der Waals surface area (Å²) < 4.78 is 0. The lowest BCUT2D eigenvalue weighted by Gasteiger charge is -2.12. The molecule has 0 aliphatic heterocycles. The fourth-order valence-corrected chi connectivity index (χ4v) is 1.10. The van der Waals surface area contributed by atoms with Gasteiger partial charge in [0, 0.05) is 13.6 Å². The van der Waals surface area contributed by atoms with E-state index in [-0.39, 0.29) is 0 Å². The number of allylic oxidation sites excluding steroid dienone is 2. The summed E-state index contributed by atoms with van der Waals surface area (Å²) in [5.41, 5.74) is 0. The predicted molar refractivity (Wildman–Crippen MR) is 64.0 cm³/mol. The Balaban J connectivity index is 3.67. The topological polar surface area (TPSA) is 24.1 Å². The molecule has 0 rings (SSSR count). The largest absolute Gasteiger partial charge is 0.375 e. The van der Waals surface area contributed by atoms with Crippen molar-refractivity contribution >= 4 is 0 Å². The molecule has 1 unspecified atom stereocenters. The van der Waals surface area contributed by atoms with Crippen molar-refractivity contribution in [3.63, 3.8) is 0 Å². The lowest BCUT2D eigenvalue weighted by molar-refractivity contribution is 0.597. The maximum atomic E-state index is 3.77. The Kier molecular flexibility index (Phi) is 8.10. The fraction of sp³-hybridized carbons (Fsp3) is 0.667. The van der Waals surface area contributed by atoms with E-state index >= 15 is 0 Å². The third-order valence-corrected chi connectivity index (χ3v) is 2.22. The standard InChI is InChI=1S/C12H24N2/c1-5-7-8-12(13-4)14-10-9-11(3)6-2/h6,8,11,13-14H,2,5,7,9-10H2,1,3-4H3/b12-8+. The van der Waals surface area contributed by atoms with E-state index < -0.39 is 0 Å². The third-order valence-electron chi connectivity index (χ3n) is 2.22. The monoisotopic (exact) mass is 196 g/mol. The highest BCUT2D eigenvalue weighted by atomic mass is 15.1. The van der Waals surface area contributed by atoms with Crippen LogP contribution in [-0.4, -0.2) is 13.6 Å². The third kappa shape index (κ3) is 6.58. The highest BCUT2D eigenvalue weighted by Crippen LogP contribution is 2.01. The van der Waals surface area contributed by atoms with Gasteiger partial charge in [-0.25, -0.2) is 0 Å². The Hall–Kier alpha value is -0.920. The SMILES string of the molecule is C=CC(C)CCN/C(=C/CCC)NC. The van der Waals surface area contributed by atoms with Crippen LogP contribution < -0.4 is 10.6 Å². The summed E-state index contributed by atoms with van der Waals surface area (Å²) in [5.74, 6) is 1.73. The summed E-state index contributed by atoms with van der Waals surface area (Å²) in [7, 11) is 1.95. The molecule has 0 saturated carbocycles. The van der Waals surface area contributed by atoms with Gasteiger partial charge >= 0.3 is 0 Å². The molecule has 1 atom stereocenters. The van der Waals surface area contributed by atoms with Crippen LogP contribution in [0.25, 0.3) is 0 Å². The van der Waals surface area contributed by atoms with E-state index in [1.54, 1.807) is 0 Å². The van der Waals surface area contributed by atoms with E-state index in [0.717, 1.165) is 25.2 Å². The van der Waals surface area contributed by atoms with Crippen molar-refractivity contribution in [3.05, 3.63) is 24.6 Å². The van der Waals surface area contributed by atoms with Crippen molar-refractivity contribution in [1.82, 2.24) is 10.6 Å². The van der Waals surface area contributed by atoms with Gasteiger partial charge < -0.3 is 10.6 Å². The summed E-state index contributed by atoms with van der Waals surface area (Å²) in [4.78, 5) is 0. The van der Waals surface area contributed by atoms with Crippen LogP contribution in [0.3, 0.4) is 0 Å². The molecule has 0 aromatic heterocycles. The molecule has 0 radical (unpaired) electrons. The molecule has 2 nitrogen and oxygen atoms in total. The first-order chi connectivity index (χ1) is 6.74. The molecular weight excluding hydrogens is 172 g/mol. The minimum atomic E-state index is 0.590. The van der Waals surface area contributed by atoms with Crippen LogP contribution in [-0.2, 0) is 0 Å². The minimum Gasteiger partial charge on any atom is -0.375 e. The fourth-order valence-electron chi connectivity index (χ4n) is 1.10. The van der Waals surface area contributed by atoms with Crippen LogP contribution in [0.5, 0.6) is 0 Å². The molecule has 0 aromatic rings. The second-order valence-corrected chi connectivity index (χ2v) is 3.58. The van der Waals surface area contributed by atoms with Crippen molar-refractivity contribution in [1.29, 1.82) is 0 Å². The van der Waals surface area contributed by atoms with E-state index in [4.69, 9.17) is 0 Å². The van der Waals surface area contributed by atoms with Gasteiger partial charge in [0.1, 0.15) is 0 Å². The normalized spacial score (nSPS) is 13.5. The van der Waals surface area contributed by atoms with Crippen molar-refractivity contribution in [3.8, 4) is 0 Å². The first kappa shape index (κ1) is 13.1. The van der Waals surface area contributed by atoms with Gasteiger partial charge in [-0.3, -0.25) is 0 Å². The van der Waals surface area contributed by atoms with Gasteiger partial charge in [-0.15, -0.1) is 6.58 Å². The van der Waals surface area contributed by atoms with Crippen LogP contribution >= 0.6 is 0 Å². The van der Waals surface area contributed by atoms with Gasteiger partial charge in [-0.05, 0) is 24.8 Å². The molecule has 0 aliphatic rings. The molecule has 0 aromatic carbocycles. The Labute approximate surface area is 88.5 Å². The van der Waals surface area contributed by atoms with Crippen LogP contribution in [0.1, 0.15) is 33.1 Å². The number of hydrogen-bond acceptors (Lipinski definition) is 2. The van der Waals surface area contributed by atoms with Crippen molar-refractivity contribution in [2.45, 2.75) is 33.1 Å². The molecule has 0 bridgehead atoms. The number of hydrogen-bond donors (Lipinski definition) is 2. The molecular formula is C12H24N2. The second kappa shape index (κ2) is 8.67. The lowest BCUT2D eigenvalue weighted by atomic mass is 10.1. The number of rotatable bonds is 8. The van der Waals surface area contributed by atoms with Crippen LogP contribution in [0, 0.1) is 5.92 Å². The summed E-state index contributed by atoms with van der Waals surface area (Å²) >= 11 is 0. The molecule has 0 fully saturated rings. The van der Waals surface area contributed by atoms with Gasteiger partial charge in [0.25, 0.3) is 0 Å². The van der Waals surface area contributed by atoms with Crippen LogP contribution in [0.2, 0.25) is 0 Å². The maximum absolute atomic E-state index is 3.77. The Morgan fingerprint density at radius 2 is 2.21 bits per heavy atom. The smallest absolute Gasteiger partial charge is 0.0942 e. The van der Waals surface area contributed by atoms with Crippen LogP contribution in [0.15, 0.2) is 24.6 Å². The molecule has 82 valence electrons. The Morgan fingerprint density at radius 1 is 1.50 bits per heavy atom. The molecule has 0 spiro atoms. The van der Waals surface area contributed by atoms with Crippen molar-refractivity contribution in [2.75, 3.05) is 13.6 Å². The highest BCUT2D eigenvalue weighted by molar-refractivity contribution is 4.96. The maximum Gasteiger partial charge on any atom is 0.0942 e. The van der Waals surface area contributed by atoms with E-state index in [2.05, 4.69) is 37.1 Å². The molecule has 0 aliphatic carbocycles. The van der Waals surface area contributed by atoms with Crippen LogP contribution in [0.4, 0.5) is 0 Å². The van der Waals surface area contributed by atoms with E-state index in [9.17, 15) is 0 Å². The summed E-state index contributed by atoms with van der Waals surface area (Å²) in [6.45, 7) is 9.14. The van der Waals surface area contributed by atoms with Gasteiger partial charge in [0.05, 0.1) is 5.82 Å². The van der Waals surface area contributed by atoms with Gasteiger partial charge in [0.15, 0.2) is 0 Å². The first-order valence-electron chi connectivity index (χ1n) is 5.48. The zero-order valence-corrected chi connectivity index (χ0v) is 9.77. The molecule has 14 heavy (non-hydrogen) atoms. The van der Waals surface area contributed by atoms with E-state index in [1.165, 1.54) is 6.42 Å². The Bertz CT molecular complexity index is 173. The van der Waals surface area contributed by atoms with Gasteiger partial charge in [-0.2, -0.15) is 0 Å². The Morgan fingerprint density at radius 3 is 2.71 bits per heavy atom.